The number of rotatable bonds is 54. The molecule has 0 atom stereocenters. The monoisotopic (exact) mass is 944 g/mol. The van der Waals surface area contributed by atoms with Crippen LogP contribution < -0.4 is 5.32 Å². The second-order valence-corrected chi connectivity index (χ2v) is 13.2. The lowest BCUT2D eigenvalue weighted by Gasteiger charge is -2.13. The fourth-order valence-corrected chi connectivity index (χ4v) is 4.78. The molecule has 0 radical (unpaired) electrons. The minimum absolute atomic E-state index is 0.0112. The number of carbonyl (C=O) groups is 4. The van der Waals surface area contributed by atoms with Gasteiger partial charge < -0.3 is 86.2 Å². The third-order valence-electron chi connectivity index (χ3n) is 8.07. The van der Waals surface area contributed by atoms with Gasteiger partial charge in [0.15, 0.2) is 0 Å². The first-order chi connectivity index (χ1) is 32.0. The number of hydrogen-bond acceptors (Lipinski definition) is 20. The van der Waals surface area contributed by atoms with E-state index in [0.29, 0.717) is 211 Å². The summed E-state index contributed by atoms with van der Waals surface area (Å²) in [5, 5.41) is 11.2. The Morgan fingerprint density at radius 1 is 0.354 bits per heavy atom. The minimum Gasteiger partial charge on any atom is -0.481 e. The van der Waals surface area contributed by atoms with Crippen LogP contribution in [-0.2, 0) is 95.0 Å². The lowest BCUT2D eigenvalue weighted by Crippen LogP contribution is -2.35. The molecule has 0 spiro atoms. The molecule has 0 bridgehead atoms. The van der Waals surface area contributed by atoms with E-state index in [-0.39, 0.29) is 31.9 Å². The Balaban J connectivity index is 1.61. The van der Waals surface area contributed by atoms with Crippen molar-refractivity contribution < 1.29 is 100 Å². The number of carbonyl (C=O) groups excluding carboxylic acids is 3. The summed E-state index contributed by atoms with van der Waals surface area (Å²) in [5.41, 5.74) is 0. The Bertz CT molecular complexity index is 1120. The van der Waals surface area contributed by atoms with Crippen molar-refractivity contribution >= 4 is 23.7 Å². The van der Waals surface area contributed by atoms with E-state index in [0.717, 1.165) is 4.90 Å². The van der Waals surface area contributed by atoms with Crippen molar-refractivity contribution in [2.24, 2.45) is 0 Å². The topological polar surface area (TPSA) is 251 Å². The van der Waals surface area contributed by atoms with Crippen LogP contribution in [0.2, 0.25) is 0 Å². The summed E-state index contributed by atoms with van der Waals surface area (Å²) in [6.07, 6.45) is 2.41. The van der Waals surface area contributed by atoms with Gasteiger partial charge in [-0.3, -0.25) is 24.1 Å². The molecule has 65 heavy (non-hydrogen) atoms. The fourth-order valence-electron chi connectivity index (χ4n) is 4.78. The molecule has 23 nitrogen and oxygen atoms in total. The van der Waals surface area contributed by atoms with E-state index >= 15 is 0 Å². The number of nitrogens with zero attached hydrogens (tertiary/aromatic N) is 1. The Labute approximate surface area is 383 Å². The van der Waals surface area contributed by atoms with Gasteiger partial charge in [0.1, 0.15) is 0 Å². The lowest BCUT2D eigenvalue weighted by molar-refractivity contribution is -0.139. The molecule has 0 saturated carbocycles. The van der Waals surface area contributed by atoms with Gasteiger partial charge in [0.05, 0.1) is 218 Å². The first kappa shape index (κ1) is 60.2. The smallest absolute Gasteiger partial charge is 0.305 e. The molecule has 0 aromatic heterocycles. The molecule has 1 aliphatic rings. The number of ether oxygens (including phenoxy) is 16. The van der Waals surface area contributed by atoms with Crippen LogP contribution in [0.1, 0.15) is 12.8 Å². The molecule has 0 aromatic carbocycles. The molecule has 0 saturated heterocycles. The minimum atomic E-state index is -0.882. The van der Waals surface area contributed by atoms with Crippen LogP contribution in [0, 0.1) is 0 Å². The molecule has 1 aliphatic heterocycles. The van der Waals surface area contributed by atoms with Gasteiger partial charge in [-0.1, -0.05) is 0 Å². The Morgan fingerprint density at radius 3 is 0.800 bits per heavy atom. The molecule has 1 heterocycles. The predicted molar refractivity (Wildman–Crippen MR) is 229 cm³/mol. The van der Waals surface area contributed by atoms with E-state index in [4.69, 9.17) is 80.9 Å². The molecule has 23 heteroatoms. The van der Waals surface area contributed by atoms with Crippen molar-refractivity contribution in [1.29, 1.82) is 0 Å². The highest BCUT2D eigenvalue weighted by atomic mass is 16.6. The molecule has 2 N–H and O–H groups in total. The van der Waals surface area contributed by atoms with Gasteiger partial charge >= 0.3 is 5.97 Å². The van der Waals surface area contributed by atoms with Gasteiger partial charge in [-0.05, 0) is 0 Å². The largest absolute Gasteiger partial charge is 0.481 e. The van der Waals surface area contributed by atoms with Crippen molar-refractivity contribution in [1.82, 2.24) is 10.2 Å². The van der Waals surface area contributed by atoms with E-state index in [1.54, 1.807) is 0 Å². The fraction of sp³-hybridized carbons (Fsp3) is 0.857. The van der Waals surface area contributed by atoms with E-state index in [2.05, 4.69) is 5.32 Å². The summed E-state index contributed by atoms with van der Waals surface area (Å²) < 4.78 is 86.9. The number of carboxylic acids is 1. The van der Waals surface area contributed by atoms with Gasteiger partial charge in [-0.15, -0.1) is 0 Å². The van der Waals surface area contributed by atoms with Gasteiger partial charge in [-0.25, -0.2) is 0 Å². The third-order valence-corrected chi connectivity index (χ3v) is 8.07. The second-order valence-electron chi connectivity index (χ2n) is 13.2. The lowest BCUT2D eigenvalue weighted by atomic mass is 10.3. The third kappa shape index (κ3) is 44.8. The van der Waals surface area contributed by atoms with Crippen LogP contribution in [0.25, 0.3) is 0 Å². The first-order valence-electron chi connectivity index (χ1n) is 22.3. The van der Waals surface area contributed by atoms with Crippen LogP contribution in [-0.4, -0.2) is 258 Å². The highest BCUT2D eigenvalue weighted by molar-refractivity contribution is 6.13. The number of amides is 3. The number of carboxylic acid groups (broad SMARTS) is 1. The number of nitrogens with one attached hydrogen (secondary N) is 1. The van der Waals surface area contributed by atoms with Crippen molar-refractivity contribution in [3.8, 4) is 0 Å². The highest BCUT2D eigenvalue weighted by Crippen LogP contribution is 2.04. The van der Waals surface area contributed by atoms with Crippen molar-refractivity contribution in [3.63, 3.8) is 0 Å². The summed E-state index contributed by atoms with van der Waals surface area (Å²) in [6.45, 7) is 14.4. The highest BCUT2D eigenvalue weighted by Gasteiger charge is 2.23. The summed E-state index contributed by atoms with van der Waals surface area (Å²) in [7, 11) is 0. The average molecular weight is 945 g/mol. The van der Waals surface area contributed by atoms with Gasteiger partial charge in [0.2, 0.25) is 5.91 Å². The second kappa shape index (κ2) is 49.1. The van der Waals surface area contributed by atoms with Crippen molar-refractivity contribution in [3.05, 3.63) is 12.2 Å². The number of aliphatic carboxylic acids is 1. The molecule has 0 fully saturated rings. The van der Waals surface area contributed by atoms with Gasteiger partial charge in [-0.2, -0.15) is 0 Å². The summed E-state index contributed by atoms with van der Waals surface area (Å²) in [5.74, 6) is -1.94. The molecular weight excluding hydrogens is 868 g/mol. The summed E-state index contributed by atoms with van der Waals surface area (Å²) in [4.78, 5) is 46.1. The molecular formula is C42H76N2O21. The molecule has 380 valence electrons. The standard InChI is InChI=1S/C42H76N2O21/c45-39(3-6-44-40(46)1-2-41(44)47)43-5-8-51-10-12-53-14-16-55-18-20-57-22-24-59-26-28-61-30-32-63-34-36-65-38-37-64-35-33-62-31-29-60-27-25-58-23-21-56-19-17-54-15-13-52-11-9-50-7-4-42(48)49/h1-2H,3-38H2,(H,43,45)(H,48,49). The van der Waals surface area contributed by atoms with E-state index < -0.39 is 17.8 Å². The Kier molecular flexibility index (Phi) is 45.5. The summed E-state index contributed by atoms with van der Waals surface area (Å²) >= 11 is 0. The average Bonchev–Trinajstić information content (AvgIpc) is 3.62. The zero-order valence-electron chi connectivity index (χ0n) is 38.2. The normalized spacial score (nSPS) is 12.6. The molecule has 0 unspecified atom stereocenters. The zero-order chi connectivity index (χ0) is 46.8. The maximum absolute atomic E-state index is 11.8. The molecule has 0 aliphatic carbocycles. The van der Waals surface area contributed by atoms with Crippen LogP contribution >= 0.6 is 0 Å². The molecule has 1 rings (SSSR count). The Morgan fingerprint density at radius 2 is 0.569 bits per heavy atom. The van der Waals surface area contributed by atoms with E-state index in [1.165, 1.54) is 12.2 Å². The van der Waals surface area contributed by atoms with Crippen LogP contribution in [0.5, 0.6) is 0 Å². The van der Waals surface area contributed by atoms with Crippen molar-refractivity contribution in [2.75, 3.05) is 225 Å². The van der Waals surface area contributed by atoms with Crippen LogP contribution in [0.15, 0.2) is 12.2 Å². The number of imide groups is 1. The summed E-state index contributed by atoms with van der Waals surface area (Å²) in [6, 6.07) is 0. The predicted octanol–water partition coefficient (Wildman–Crippen LogP) is -0.842. The van der Waals surface area contributed by atoms with E-state index in [9.17, 15) is 19.2 Å². The van der Waals surface area contributed by atoms with Crippen LogP contribution in [0.4, 0.5) is 0 Å². The first-order valence-corrected chi connectivity index (χ1v) is 22.3. The van der Waals surface area contributed by atoms with Gasteiger partial charge in [0, 0.05) is 31.7 Å². The Hall–Kier alpha value is -2.82. The molecule has 0 aromatic rings. The molecule has 3 amide bonds. The quantitative estimate of drug-likeness (QED) is 0.0557. The SMILES string of the molecule is O=C(O)CCOCCOCCOCCOCCOCCOCCOCCOCCOCCOCCOCCOCCOCCOCCOCCOCCNC(=O)CCN1C(=O)C=CC1=O. The maximum Gasteiger partial charge on any atom is 0.305 e. The maximum atomic E-state index is 11.8. The number of hydrogen-bond donors (Lipinski definition) is 2. The van der Waals surface area contributed by atoms with Crippen molar-refractivity contribution in [2.45, 2.75) is 12.8 Å². The van der Waals surface area contributed by atoms with Crippen LogP contribution in [0.3, 0.4) is 0 Å². The zero-order valence-corrected chi connectivity index (χ0v) is 38.2. The van der Waals surface area contributed by atoms with E-state index in [1.807, 2.05) is 0 Å². The van der Waals surface area contributed by atoms with Gasteiger partial charge in [0.25, 0.3) is 11.8 Å².